The third-order valence-corrected chi connectivity index (χ3v) is 2.24. The number of nitrogens with two attached hydrogens (primary N) is 1. The van der Waals surface area contributed by atoms with Crippen LogP contribution in [0.1, 0.15) is 16.9 Å². The molecule has 2 heteroatoms. The Labute approximate surface area is 77.3 Å². The van der Waals surface area contributed by atoms with Crippen LogP contribution in [-0.2, 0) is 6.54 Å². The Bertz CT molecular complexity index is 443. The Kier molecular flexibility index (Phi) is 1.85. The van der Waals surface area contributed by atoms with Crippen molar-refractivity contribution in [3.05, 3.63) is 35.1 Å². The lowest BCUT2D eigenvalue weighted by Crippen LogP contribution is -1.92. The van der Waals surface area contributed by atoms with Crippen LogP contribution in [0, 0.1) is 13.8 Å². The van der Waals surface area contributed by atoms with Crippen molar-refractivity contribution in [2.45, 2.75) is 20.4 Å². The van der Waals surface area contributed by atoms with Crippen molar-refractivity contribution in [1.82, 2.24) is 0 Å². The summed E-state index contributed by atoms with van der Waals surface area (Å²) in [4.78, 5) is 0. The summed E-state index contributed by atoms with van der Waals surface area (Å²) in [6.07, 6.45) is 0. The standard InChI is InChI=1S/C11H13NO/c1-7-3-8(2)10-5-9(6-12)13-11(10)4-7/h3-5H,6,12H2,1-2H3. The quantitative estimate of drug-likeness (QED) is 0.723. The van der Waals surface area contributed by atoms with Gasteiger partial charge in [0.05, 0.1) is 6.54 Å². The molecule has 68 valence electrons. The highest BCUT2D eigenvalue weighted by Crippen LogP contribution is 2.23. The van der Waals surface area contributed by atoms with Gasteiger partial charge in [-0.25, -0.2) is 0 Å². The zero-order valence-corrected chi connectivity index (χ0v) is 7.92. The van der Waals surface area contributed by atoms with E-state index < -0.39 is 0 Å². The summed E-state index contributed by atoms with van der Waals surface area (Å²) in [5, 5.41) is 1.17. The van der Waals surface area contributed by atoms with Crippen molar-refractivity contribution < 1.29 is 4.42 Å². The molecule has 2 N–H and O–H groups in total. The van der Waals surface area contributed by atoms with Gasteiger partial charge in [0.15, 0.2) is 0 Å². The van der Waals surface area contributed by atoms with Crippen LogP contribution in [0.5, 0.6) is 0 Å². The molecule has 1 aromatic heterocycles. The Morgan fingerprint density at radius 3 is 2.69 bits per heavy atom. The van der Waals surface area contributed by atoms with Crippen LogP contribution >= 0.6 is 0 Å². The summed E-state index contributed by atoms with van der Waals surface area (Å²) < 4.78 is 5.55. The average Bonchev–Trinajstić information content (AvgIpc) is 2.47. The molecular formula is C11H13NO. The van der Waals surface area contributed by atoms with Crippen LogP contribution in [0.2, 0.25) is 0 Å². The van der Waals surface area contributed by atoms with Gasteiger partial charge in [-0.2, -0.15) is 0 Å². The topological polar surface area (TPSA) is 39.2 Å². The highest BCUT2D eigenvalue weighted by atomic mass is 16.3. The zero-order chi connectivity index (χ0) is 9.42. The Balaban J connectivity index is 2.75. The van der Waals surface area contributed by atoms with Crippen molar-refractivity contribution in [2.75, 3.05) is 0 Å². The average molecular weight is 175 g/mol. The van der Waals surface area contributed by atoms with Crippen molar-refractivity contribution in [2.24, 2.45) is 5.73 Å². The van der Waals surface area contributed by atoms with Crippen molar-refractivity contribution in [3.8, 4) is 0 Å². The second kappa shape index (κ2) is 2.89. The molecule has 0 unspecified atom stereocenters. The maximum Gasteiger partial charge on any atom is 0.134 e. The number of furan rings is 1. The molecule has 0 amide bonds. The molecule has 0 aliphatic carbocycles. The molecule has 0 saturated heterocycles. The van der Waals surface area contributed by atoms with Crippen LogP contribution in [0.15, 0.2) is 22.6 Å². The molecule has 0 bridgehead atoms. The fourth-order valence-corrected chi connectivity index (χ4v) is 1.64. The second-order valence-corrected chi connectivity index (χ2v) is 3.41. The summed E-state index contributed by atoms with van der Waals surface area (Å²) in [7, 11) is 0. The first-order valence-electron chi connectivity index (χ1n) is 4.40. The summed E-state index contributed by atoms with van der Waals surface area (Å²) in [5.41, 5.74) is 8.92. The smallest absolute Gasteiger partial charge is 0.134 e. The molecule has 0 aliphatic rings. The largest absolute Gasteiger partial charge is 0.460 e. The molecule has 1 heterocycles. The number of fused-ring (bicyclic) bond motifs is 1. The van der Waals surface area contributed by atoms with E-state index in [9.17, 15) is 0 Å². The first-order valence-corrected chi connectivity index (χ1v) is 4.40. The van der Waals surface area contributed by atoms with Crippen LogP contribution in [-0.4, -0.2) is 0 Å². The third kappa shape index (κ3) is 1.33. The highest BCUT2D eigenvalue weighted by Gasteiger charge is 2.04. The lowest BCUT2D eigenvalue weighted by Gasteiger charge is -1.96. The number of aryl methyl sites for hydroxylation is 2. The van der Waals surface area contributed by atoms with E-state index >= 15 is 0 Å². The van der Waals surface area contributed by atoms with E-state index in [4.69, 9.17) is 10.2 Å². The lowest BCUT2D eigenvalue weighted by atomic mass is 10.1. The van der Waals surface area contributed by atoms with Gasteiger partial charge in [-0.05, 0) is 37.1 Å². The SMILES string of the molecule is Cc1cc(C)c2cc(CN)oc2c1. The summed E-state index contributed by atoms with van der Waals surface area (Å²) in [6.45, 7) is 4.62. The summed E-state index contributed by atoms with van der Waals surface area (Å²) in [5.74, 6) is 0.851. The van der Waals surface area contributed by atoms with Crippen LogP contribution in [0.4, 0.5) is 0 Å². The van der Waals surface area contributed by atoms with E-state index in [2.05, 4.69) is 19.9 Å². The molecule has 2 aromatic rings. The van der Waals surface area contributed by atoms with E-state index in [-0.39, 0.29) is 0 Å². The Morgan fingerprint density at radius 1 is 1.23 bits per heavy atom. The summed E-state index contributed by atoms with van der Waals surface area (Å²) >= 11 is 0. The maximum atomic E-state index is 5.55. The predicted octanol–water partition coefficient (Wildman–Crippen LogP) is 2.51. The van der Waals surface area contributed by atoms with Gasteiger partial charge in [-0.1, -0.05) is 6.07 Å². The second-order valence-electron chi connectivity index (χ2n) is 3.41. The first-order chi connectivity index (χ1) is 6.20. The minimum absolute atomic E-state index is 0.465. The molecule has 0 spiro atoms. The maximum absolute atomic E-state index is 5.55. The molecule has 0 saturated carbocycles. The van der Waals surface area contributed by atoms with E-state index in [0.717, 1.165) is 11.3 Å². The van der Waals surface area contributed by atoms with Gasteiger partial charge in [0, 0.05) is 5.39 Å². The summed E-state index contributed by atoms with van der Waals surface area (Å²) in [6, 6.07) is 6.21. The van der Waals surface area contributed by atoms with E-state index in [1.807, 2.05) is 12.1 Å². The first kappa shape index (κ1) is 8.32. The molecule has 0 aliphatic heterocycles. The van der Waals surface area contributed by atoms with Crippen molar-refractivity contribution in [1.29, 1.82) is 0 Å². The Morgan fingerprint density at radius 2 is 2.00 bits per heavy atom. The van der Waals surface area contributed by atoms with E-state index in [1.54, 1.807) is 0 Å². The lowest BCUT2D eigenvalue weighted by molar-refractivity contribution is 0.552. The van der Waals surface area contributed by atoms with Gasteiger partial charge in [-0.3, -0.25) is 0 Å². The molecule has 0 radical (unpaired) electrons. The van der Waals surface area contributed by atoms with Gasteiger partial charge < -0.3 is 10.2 Å². The Hall–Kier alpha value is -1.28. The van der Waals surface area contributed by atoms with E-state index in [1.165, 1.54) is 16.5 Å². The third-order valence-electron chi connectivity index (χ3n) is 2.24. The number of benzene rings is 1. The molecule has 0 atom stereocenters. The van der Waals surface area contributed by atoms with Crippen molar-refractivity contribution >= 4 is 11.0 Å². The highest BCUT2D eigenvalue weighted by molar-refractivity contribution is 5.82. The van der Waals surface area contributed by atoms with Crippen molar-refractivity contribution in [3.63, 3.8) is 0 Å². The minimum Gasteiger partial charge on any atom is -0.460 e. The number of rotatable bonds is 1. The number of hydrogen-bond acceptors (Lipinski definition) is 2. The van der Waals surface area contributed by atoms with Crippen LogP contribution in [0.25, 0.3) is 11.0 Å². The fourth-order valence-electron chi connectivity index (χ4n) is 1.64. The van der Waals surface area contributed by atoms with Crippen LogP contribution < -0.4 is 5.73 Å². The van der Waals surface area contributed by atoms with Gasteiger partial charge in [-0.15, -0.1) is 0 Å². The van der Waals surface area contributed by atoms with Gasteiger partial charge in [0.1, 0.15) is 11.3 Å². The predicted molar refractivity (Wildman–Crippen MR) is 53.6 cm³/mol. The molecule has 0 fully saturated rings. The van der Waals surface area contributed by atoms with Gasteiger partial charge >= 0.3 is 0 Å². The van der Waals surface area contributed by atoms with E-state index in [0.29, 0.717) is 6.54 Å². The van der Waals surface area contributed by atoms with Gasteiger partial charge in [0.2, 0.25) is 0 Å². The molecule has 1 aromatic carbocycles. The normalized spacial score (nSPS) is 11.0. The fraction of sp³-hybridized carbons (Fsp3) is 0.273. The number of hydrogen-bond donors (Lipinski definition) is 1. The molecular weight excluding hydrogens is 162 g/mol. The molecule has 2 rings (SSSR count). The minimum atomic E-state index is 0.465. The van der Waals surface area contributed by atoms with Crippen LogP contribution in [0.3, 0.4) is 0 Å². The molecule has 13 heavy (non-hydrogen) atoms. The monoisotopic (exact) mass is 175 g/mol. The van der Waals surface area contributed by atoms with Gasteiger partial charge in [0.25, 0.3) is 0 Å². The zero-order valence-electron chi connectivity index (χ0n) is 7.92. The molecule has 2 nitrogen and oxygen atoms in total.